The summed E-state index contributed by atoms with van der Waals surface area (Å²) < 4.78 is 16.1. The molecule has 30 heavy (non-hydrogen) atoms. The summed E-state index contributed by atoms with van der Waals surface area (Å²) in [5.41, 5.74) is 3.20. The van der Waals surface area contributed by atoms with Crippen molar-refractivity contribution in [3.8, 4) is 5.75 Å². The molecule has 0 radical (unpaired) electrons. The summed E-state index contributed by atoms with van der Waals surface area (Å²) in [7, 11) is 3.32. The van der Waals surface area contributed by atoms with Crippen molar-refractivity contribution < 1.29 is 18.7 Å². The van der Waals surface area contributed by atoms with Gasteiger partial charge in [0.15, 0.2) is 11.5 Å². The Morgan fingerprint density at radius 3 is 2.60 bits per heavy atom. The van der Waals surface area contributed by atoms with Crippen LogP contribution in [-0.4, -0.2) is 38.3 Å². The molecule has 1 saturated carbocycles. The number of hydrogen-bond acceptors (Lipinski definition) is 5. The summed E-state index contributed by atoms with van der Waals surface area (Å²) in [6.07, 6.45) is 5.11. The van der Waals surface area contributed by atoms with E-state index in [9.17, 15) is 4.79 Å². The molecule has 0 saturated heterocycles. The van der Waals surface area contributed by atoms with E-state index in [1.54, 1.807) is 26.4 Å². The Morgan fingerprint density at radius 2 is 1.90 bits per heavy atom. The maximum absolute atomic E-state index is 12.9. The fourth-order valence-corrected chi connectivity index (χ4v) is 4.33. The van der Waals surface area contributed by atoms with Crippen LogP contribution in [-0.2, 0) is 16.6 Å². The van der Waals surface area contributed by atoms with Gasteiger partial charge in [-0.3, -0.25) is 4.79 Å². The van der Waals surface area contributed by atoms with E-state index in [0.717, 1.165) is 24.1 Å². The van der Waals surface area contributed by atoms with Crippen molar-refractivity contribution in [2.75, 3.05) is 27.4 Å². The second-order valence-electron chi connectivity index (χ2n) is 7.93. The Hall–Kier alpha value is -2.86. The number of nitrogens with one attached hydrogen (secondary N) is 1. The second kappa shape index (κ2) is 8.88. The second-order valence-corrected chi connectivity index (χ2v) is 7.93. The van der Waals surface area contributed by atoms with E-state index >= 15 is 0 Å². The molecule has 0 spiro atoms. The number of carbonyl (C=O) groups excluding carboxylic acids is 1. The van der Waals surface area contributed by atoms with Crippen molar-refractivity contribution in [1.82, 2.24) is 10.3 Å². The number of methoxy groups -OCH3 is 2. The Bertz CT molecular complexity index is 1000. The highest BCUT2D eigenvalue weighted by atomic mass is 16.5. The monoisotopic (exact) mass is 408 g/mol. The largest absolute Gasteiger partial charge is 0.497 e. The minimum Gasteiger partial charge on any atom is -0.497 e. The number of rotatable bonds is 8. The van der Waals surface area contributed by atoms with Gasteiger partial charge >= 0.3 is 0 Å². The number of ether oxygens (including phenoxy) is 2. The highest BCUT2D eigenvalue weighted by molar-refractivity contribution is 5.97. The molecule has 0 aliphatic heterocycles. The number of carbonyl (C=O) groups is 1. The normalized spacial score (nSPS) is 15.4. The lowest BCUT2D eigenvalue weighted by atomic mass is 9.78. The summed E-state index contributed by atoms with van der Waals surface area (Å²) in [4.78, 5) is 17.3. The first-order valence-corrected chi connectivity index (χ1v) is 10.4. The number of nitrogens with zero attached hydrogens (tertiary/aromatic N) is 1. The van der Waals surface area contributed by atoms with Gasteiger partial charge in [-0.25, -0.2) is 4.98 Å². The average Bonchev–Trinajstić information content (AvgIpc) is 3.43. The number of fused-ring (bicyclic) bond motifs is 1. The molecular weight excluding hydrogens is 380 g/mol. The van der Waals surface area contributed by atoms with Gasteiger partial charge in [0.05, 0.1) is 13.7 Å². The summed E-state index contributed by atoms with van der Waals surface area (Å²) in [5.74, 6) is 1.38. The maximum atomic E-state index is 12.9. The van der Waals surface area contributed by atoms with Crippen LogP contribution in [0.15, 0.2) is 46.9 Å². The molecule has 0 atom stereocenters. The third-order valence-electron chi connectivity index (χ3n) is 6.07. The van der Waals surface area contributed by atoms with E-state index in [1.165, 1.54) is 18.4 Å². The summed E-state index contributed by atoms with van der Waals surface area (Å²) >= 11 is 0. The zero-order valence-electron chi connectivity index (χ0n) is 17.6. The van der Waals surface area contributed by atoms with Crippen LogP contribution in [0.25, 0.3) is 11.1 Å². The van der Waals surface area contributed by atoms with Gasteiger partial charge in [-0.05, 0) is 48.7 Å². The third kappa shape index (κ3) is 4.19. The highest BCUT2D eigenvalue weighted by Crippen LogP contribution is 2.41. The van der Waals surface area contributed by atoms with Gasteiger partial charge in [-0.1, -0.05) is 25.0 Å². The first-order valence-electron chi connectivity index (χ1n) is 10.4. The van der Waals surface area contributed by atoms with E-state index in [1.807, 2.05) is 18.2 Å². The van der Waals surface area contributed by atoms with Crippen LogP contribution in [0, 0.1) is 0 Å². The Labute approximate surface area is 176 Å². The zero-order chi connectivity index (χ0) is 21.0. The van der Waals surface area contributed by atoms with E-state index in [4.69, 9.17) is 13.9 Å². The number of oxazole rings is 1. The summed E-state index contributed by atoms with van der Waals surface area (Å²) in [6, 6.07) is 13.6. The van der Waals surface area contributed by atoms with Gasteiger partial charge in [0, 0.05) is 31.1 Å². The van der Waals surface area contributed by atoms with E-state index in [2.05, 4.69) is 22.4 Å². The fourth-order valence-electron chi connectivity index (χ4n) is 4.33. The first kappa shape index (κ1) is 20.4. The van der Waals surface area contributed by atoms with E-state index < -0.39 is 0 Å². The van der Waals surface area contributed by atoms with Crippen molar-refractivity contribution >= 4 is 17.0 Å². The van der Waals surface area contributed by atoms with Gasteiger partial charge in [-0.15, -0.1) is 0 Å². The average molecular weight is 408 g/mol. The zero-order valence-corrected chi connectivity index (χ0v) is 17.6. The number of amides is 1. The molecule has 1 N–H and O–H groups in total. The van der Waals surface area contributed by atoms with Gasteiger partial charge in [0.25, 0.3) is 5.91 Å². The standard InChI is InChI=1S/C24H28N2O4/c1-28-14-11-22-26-20-10-5-17(15-21(20)30-22)23(27)25-16-24(12-3-4-13-24)18-6-8-19(29-2)9-7-18/h5-10,15H,3-4,11-14,16H2,1-2H3,(H,25,27). The van der Waals surface area contributed by atoms with Crippen LogP contribution < -0.4 is 10.1 Å². The van der Waals surface area contributed by atoms with Crippen LogP contribution in [0.3, 0.4) is 0 Å². The lowest BCUT2D eigenvalue weighted by Crippen LogP contribution is -2.39. The van der Waals surface area contributed by atoms with Crippen molar-refractivity contribution in [1.29, 1.82) is 0 Å². The minimum atomic E-state index is -0.0912. The molecule has 6 nitrogen and oxygen atoms in total. The predicted octanol–water partition coefficient (Wildman–Crippen LogP) is 4.27. The number of aromatic nitrogens is 1. The van der Waals surface area contributed by atoms with Gasteiger partial charge in [-0.2, -0.15) is 0 Å². The van der Waals surface area contributed by atoms with E-state index in [-0.39, 0.29) is 11.3 Å². The van der Waals surface area contributed by atoms with Crippen LogP contribution in [0.1, 0.15) is 47.5 Å². The molecule has 1 aliphatic rings. The molecule has 0 bridgehead atoms. The van der Waals surface area contributed by atoms with Gasteiger partial charge in [0.2, 0.25) is 0 Å². The number of benzene rings is 2. The Morgan fingerprint density at radius 1 is 1.13 bits per heavy atom. The molecule has 3 aromatic rings. The Kier molecular flexibility index (Phi) is 6.04. The predicted molar refractivity (Wildman–Crippen MR) is 115 cm³/mol. The van der Waals surface area contributed by atoms with Crippen LogP contribution in [0.5, 0.6) is 5.75 Å². The van der Waals surface area contributed by atoms with Gasteiger partial charge in [0.1, 0.15) is 11.3 Å². The van der Waals surface area contributed by atoms with Crippen molar-refractivity contribution in [2.45, 2.75) is 37.5 Å². The van der Waals surface area contributed by atoms with Crippen LogP contribution in [0.4, 0.5) is 0 Å². The molecule has 1 fully saturated rings. The molecule has 4 rings (SSSR count). The molecule has 0 unspecified atom stereocenters. The van der Waals surface area contributed by atoms with Crippen LogP contribution >= 0.6 is 0 Å². The molecule has 6 heteroatoms. The third-order valence-corrected chi connectivity index (χ3v) is 6.07. The quantitative estimate of drug-likeness (QED) is 0.603. The molecule has 2 aromatic carbocycles. The molecular formula is C24H28N2O4. The SMILES string of the molecule is COCCc1nc2ccc(C(=O)NCC3(c4ccc(OC)cc4)CCCC3)cc2o1. The lowest BCUT2D eigenvalue weighted by molar-refractivity contribution is 0.0943. The van der Waals surface area contributed by atoms with Crippen molar-refractivity contribution in [2.24, 2.45) is 0 Å². The fraction of sp³-hybridized carbons (Fsp3) is 0.417. The maximum Gasteiger partial charge on any atom is 0.251 e. The highest BCUT2D eigenvalue weighted by Gasteiger charge is 2.36. The topological polar surface area (TPSA) is 73.6 Å². The van der Waals surface area contributed by atoms with E-state index in [0.29, 0.717) is 36.6 Å². The van der Waals surface area contributed by atoms with Gasteiger partial charge < -0.3 is 19.2 Å². The molecule has 1 aliphatic carbocycles. The smallest absolute Gasteiger partial charge is 0.251 e. The molecule has 1 amide bonds. The summed E-state index contributed by atoms with van der Waals surface area (Å²) in [5, 5.41) is 3.16. The minimum absolute atomic E-state index is 0.0222. The molecule has 1 heterocycles. The molecule has 1 aromatic heterocycles. The number of hydrogen-bond donors (Lipinski definition) is 1. The van der Waals surface area contributed by atoms with Crippen molar-refractivity contribution in [3.63, 3.8) is 0 Å². The molecule has 158 valence electrons. The van der Waals surface area contributed by atoms with Crippen LogP contribution in [0.2, 0.25) is 0 Å². The lowest BCUT2D eigenvalue weighted by Gasteiger charge is -2.30. The first-order chi connectivity index (χ1) is 14.6. The van der Waals surface area contributed by atoms with Crippen molar-refractivity contribution in [3.05, 3.63) is 59.5 Å². The summed E-state index contributed by atoms with van der Waals surface area (Å²) in [6.45, 7) is 1.17. The Balaban J connectivity index is 1.48.